The van der Waals surface area contributed by atoms with Crippen LogP contribution < -0.4 is 4.74 Å². The average Bonchev–Trinajstić information content (AvgIpc) is 2.61. The largest absolute Gasteiger partial charge is 0.496 e. The van der Waals surface area contributed by atoms with E-state index in [9.17, 15) is 0 Å². The maximum Gasteiger partial charge on any atom is 0.128 e. The van der Waals surface area contributed by atoms with Crippen LogP contribution >= 0.6 is 0 Å². The van der Waals surface area contributed by atoms with Gasteiger partial charge in [0.05, 0.1) is 30.4 Å². The third-order valence-electron chi connectivity index (χ3n) is 4.11. The van der Waals surface area contributed by atoms with Crippen LogP contribution in [0, 0.1) is 20.8 Å². The van der Waals surface area contributed by atoms with Gasteiger partial charge >= 0.3 is 0 Å². The van der Waals surface area contributed by atoms with E-state index in [1.54, 1.807) is 7.11 Å². The fraction of sp³-hybridized carbons (Fsp3) is 0.182. The number of methoxy groups -OCH3 is 1. The van der Waals surface area contributed by atoms with E-state index in [2.05, 4.69) is 37.9 Å². The van der Waals surface area contributed by atoms with Crippen molar-refractivity contribution in [3.05, 3.63) is 77.0 Å². The number of aromatic nitrogens is 1. The molecule has 0 bridgehead atoms. The van der Waals surface area contributed by atoms with Crippen LogP contribution in [0.2, 0.25) is 0 Å². The number of ether oxygens (including phenoxy) is 1. The summed E-state index contributed by atoms with van der Waals surface area (Å²) in [5.41, 5.74) is 7.29. The second kappa shape index (κ2) is 7.31. The van der Waals surface area contributed by atoms with E-state index < -0.39 is 0 Å². The van der Waals surface area contributed by atoms with E-state index in [0.717, 1.165) is 28.4 Å². The summed E-state index contributed by atoms with van der Waals surface area (Å²) in [4.78, 5) is 9.39. The molecule has 0 spiro atoms. The minimum Gasteiger partial charge on any atom is -0.496 e. The van der Waals surface area contributed by atoms with Crippen molar-refractivity contribution in [3.63, 3.8) is 0 Å². The number of hydrogen-bond acceptors (Lipinski definition) is 3. The summed E-state index contributed by atoms with van der Waals surface area (Å²) in [6.07, 6.45) is 1.82. The molecule has 0 saturated heterocycles. The van der Waals surface area contributed by atoms with Crippen molar-refractivity contribution in [1.29, 1.82) is 0 Å². The maximum absolute atomic E-state index is 5.44. The molecule has 1 aromatic heterocycles. The first-order valence-corrected chi connectivity index (χ1v) is 8.31. The first-order chi connectivity index (χ1) is 12.1. The topological polar surface area (TPSA) is 34.5 Å². The van der Waals surface area contributed by atoms with Crippen molar-refractivity contribution >= 4 is 11.9 Å². The number of rotatable bonds is 4. The molecule has 0 N–H and O–H groups in total. The second-order valence-corrected chi connectivity index (χ2v) is 6.15. The lowest BCUT2D eigenvalue weighted by atomic mass is 10.1. The van der Waals surface area contributed by atoms with Gasteiger partial charge in [-0.1, -0.05) is 35.9 Å². The first-order valence-electron chi connectivity index (χ1n) is 8.31. The van der Waals surface area contributed by atoms with Crippen molar-refractivity contribution in [3.8, 4) is 17.0 Å². The summed E-state index contributed by atoms with van der Waals surface area (Å²) >= 11 is 0. The molecule has 3 rings (SSSR count). The van der Waals surface area contributed by atoms with E-state index >= 15 is 0 Å². The smallest absolute Gasteiger partial charge is 0.128 e. The number of nitrogens with zero attached hydrogens (tertiary/aromatic N) is 2. The van der Waals surface area contributed by atoms with Crippen LogP contribution in [0.25, 0.3) is 11.3 Å². The fourth-order valence-electron chi connectivity index (χ4n) is 3.04. The zero-order chi connectivity index (χ0) is 17.8. The quantitative estimate of drug-likeness (QED) is 0.598. The van der Waals surface area contributed by atoms with Crippen LogP contribution in [0.15, 0.2) is 59.6 Å². The van der Waals surface area contributed by atoms with Crippen molar-refractivity contribution < 1.29 is 4.74 Å². The zero-order valence-corrected chi connectivity index (χ0v) is 15.1. The Balaban J connectivity index is 1.95. The molecule has 0 aliphatic rings. The Labute approximate surface area is 149 Å². The van der Waals surface area contributed by atoms with E-state index in [-0.39, 0.29) is 0 Å². The van der Waals surface area contributed by atoms with Crippen LogP contribution in [0.1, 0.15) is 22.4 Å². The number of para-hydroxylation sites is 1. The number of pyridine rings is 1. The third kappa shape index (κ3) is 3.77. The zero-order valence-electron chi connectivity index (χ0n) is 15.1. The molecular formula is C22H22N2O. The Morgan fingerprint density at radius 3 is 2.36 bits per heavy atom. The summed E-state index contributed by atoms with van der Waals surface area (Å²) in [5.74, 6) is 0.814. The van der Waals surface area contributed by atoms with Gasteiger partial charge in [0.15, 0.2) is 0 Å². The normalized spacial score (nSPS) is 11.0. The number of hydrogen-bond donors (Lipinski definition) is 0. The molecule has 0 fully saturated rings. The summed E-state index contributed by atoms with van der Waals surface area (Å²) in [5, 5.41) is 0. The van der Waals surface area contributed by atoms with Crippen LogP contribution in [-0.2, 0) is 0 Å². The number of benzene rings is 2. The van der Waals surface area contributed by atoms with E-state index in [4.69, 9.17) is 9.72 Å². The van der Waals surface area contributed by atoms with E-state index in [1.165, 1.54) is 16.7 Å². The summed E-state index contributed by atoms with van der Waals surface area (Å²) in [7, 11) is 1.67. The second-order valence-electron chi connectivity index (χ2n) is 6.15. The highest BCUT2D eigenvalue weighted by atomic mass is 16.5. The SMILES string of the molecule is COc1ccccc1-c1cccc(C=Nc2c(C)cc(C)cc2C)n1. The molecule has 3 aromatic rings. The molecule has 3 heteroatoms. The highest BCUT2D eigenvalue weighted by Gasteiger charge is 2.07. The molecule has 0 aliphatic carbocycles. The van der Waals surface area contributed by atoms with Gasteiger partial charge in [0.25, 0.3) is 0 Å². The molecule has 0 amide bonds. The number of aliphatic imine (C=N–C) groups is 1. The highest BCUT2D eigenvalue weighted by Crippen LogP contribution is 2.28. The van der Waals surface area contributed by atoms with Crippen molar-refractivity contribution in [2.75, 3.05) is 7.11 Å². The predicted molar refractivity (Wildman–Crippen MR) is 104 cm³/mol. The molecular weight excluding hydrogens is 308 g/mol. The van der Waals surface area contributed by atoms with Gasteiger partial charge in [0.2, 0.25) is 0 Å². The van der Waals surface area contributed by atoms with Crippen molar-refractivity contribution in [2.24, 2.45) is 4.99 Å². The maximum atomic E-state index is 5.44. The average molecular weight is 330 g/mol. The summed E-state index contributed by atoms with van der Waals surface area (Å²) in [6.45, 7) is 6.28. The predicted octanol–water partition coefficient (Wildman–Crippen LogP) is 5.43. The molecule has 0 atom stereocenters. The first kappa shape index (κ1) is 16.9. The molecule has 3 nitrogen and oxygen atoms in total. The van der Waals surface area contributed by atoms with Gasteiger partial charge in [-0.3, -0.25) is 4.99 Å². The number of aryl methyl sites for hydroxylation is 3. The minimum absolute atomic E-state index is 0.814. The van der Waals surface area contributed by atoms with Crippen LogP contribution in [0.5, 0.6) is 5.75 Å². The summed E-state index contributed by atoms with van der Waals surface area (Å²) in [6, 6.07) is 18.1. The molecule has 1 heterocycles. The van der Waals surface area contributed by atoms with Gasteiger partial charge in [-0.15, -0.1) is 0 Å². The molecule has 2 aromatic carbocycles. The fourth-order valence-corrected chi connectivity index (χ4v) is 3.04. The Morgan fingerprint density at radius 2 is 1.64 bits per heavy atom. The molecule has 0 radical (unpaired) electrons. The molecule has 126 valence electrons. The Kier molecular flexibility index (Phi) is 4.94. The van der Waals surface area contributed by atoms with Gasteiger partial charge in [0.1, 0.15) is 5.75 Å². The van der Waals surface area contributed by atoms with E-state index in [1.807, 2.05) is 48.7 Å². The van der Waals surface area contributed by atoms with Gasteiger partial charge < -0.3 is 4.74 Å². The van der Waals surface area contributed by atoms with Gasteiger partial charge in [0, 0.05) is 5.56 Å². The van der Waals surface area contributed by atoms with Crippen molar-refractivity contribution in [2.45, 2.75) is 20.8 Å². The lowest BCUT2D eigenvalue weighted by Gasteiger charge is -2.08. The highest BCUT2D eigenvalue weighted by molar-refractivity contribution is 5.82. The Hall–Kier alpha value is -2.94. The van der Waals surface area contributed by atoms with Gasteiger partial charge in [-0.25, -0.2) is 4.98 Å². The molecule has 0 unspecified atom stereocenters. The monoisotopic (exact) mass is 330 g/mol. The Bertz CT molecular complexity index is 906. The standard InChI is InChI=1S/C22H22N2O/c1-15-12-16(2)22(17(3)13-15)23-14-18-8-7-10-20(24-18)19-9-5-6-11-21(19)25-4/h5-14H,1-4H3. The van der Waals surface area contributed by atoms with Gasteiger partial charge in [-0.05, 0) is 56.2 Å². The van der Waals surface area contributed by atoms with Crippen molar-refractivity contribution in [1.82, 2.24) is 4.98 Å². The van der Waals surface area contributed by atoms with Gasteiger partial charge in [-0.2, -0.15) is 0 Å². The van der Waals surface area contributed by atoms with Crippen LogP contribution in [-0.4, -0.2) is 18.3 Å². The molecule has 0 saturated carbocycles. The third-order valence-corrected chi connectivity index (χ3v) is 4.11. The molecule has 25 heavy (non-hydrogen) atoms. The van der Waals surface area contributed by atoms with Crippen LogP contribution in [0.3, 0.4) is 0 Å². The minimum atomic E-state index is 0.814. The Morgan fingerprint density at radius 1 is 0.920 bits per heavy atom. The molecule has 0 aliphatic heterocycles. The summed E-state index contributed by atoms with van der Waals surface area (Å²) < 4.78 is 5.44. The van der Waals surface area contributed by atoms with E-state index in [0.29, 0.717) is 0 Å². The van der Waals surface area contributed by atoms with Crippen LogP contribution in [0.4, 0.5) is 5.69 Å². The lowest BCUT2D eigenvalue weighted by Crippen LogP contribution is -1.93. The lowest BCUT2D eigenvalue weighted by molar-refractivity contribution is 0.416.